The molecule has 2 aliphatic heterocycles. The number of halogens is 1. The first-order chi connectivity index (χ1) is 13.6. The molecule has 0 saturated carbocycles. The monoisotopic (exact) mass is 384 g/mol. The molecular formula is C21H25FN4O2. The molecule has 1 aromatic carbocycles. The van der Waals surface area contributed by atoms with Crippen LogP contribution in [0.25, 0.3) is 0 Å². The first-order valence-electron chi connectivity index (χ1n) is 9.86. The molecule has 0 bridgehead atoms. The van der Waals surface area contributed by atoms with Gasteiger partial charge >= 0.3 is 0 Å². The van der Waals surface area contributed by atoms with Gasteiger partial charge in [0.05, 0.1) is 13.2 Å². The van der Waals surface area contributed by atoms with Crippen molar-refractivity contribution in [1.82, 2.24) is 9.97 Å². The van der Waals surface area contributed by atoms with Gasteiger partial charge in [-0.2, -0.15) is 4.98 Å². The van der Waals surface area contributed by atoms with Gasteiger partial charge < -0.3 is 9.64 Å². The lowest BCUT2D eigenvalue weighted by atomic mass is 10.0. The Labute approximate surface area is 164 Å². The molecule has 7 heteroatoms. The third kappa shape index (κ3) is 3.99. The number of hydrogen-bond donors (Lipinski definition) is 0. The summed E-state index contributed by atoms with van der Waals surface area (Å²) < 4.78 is 18.8. The van der Waals surface area contributed by atoms with Gasteiger partial charge in [0.2, 0.25) is 11.9 Å². The molecule has 28 heavy (non-hydrogen) atoms. The van der Waals surface area contributed by atoms with E-state index in [1.807, 2.05) is 12.3 Å². The normalized spacial score (nSPS) is 16.8. The highest BCUT2D eigenvalue weighted by molar-refractivity contribution is 5.93. The summed E-state index contributed by atoms with van der Waals surface area (Å²) in [7, 11) is 0. The lowest BCUT2D eigenvalue weighted by molar-refractivity contribution is -0.118. The van der Waals surface area contributed by atoms with E-state index in [2.05, 4.69) is 9.88 Å². The van der Waals surface area contributed by atoms with E-state index in [4.69, 9.17) is 9.72 Å². The fraction of sp³-hybridized carbons (Fsp3) is 0.476. The molecule has 0 unspecified atom stereocenters. The van der Waals surface area contributed by atoms with Crippen LogP contribution in [0.3, 0.4) is 0 Å². The molecule has 6 nitrogen and oxygen atoms in total. The predicted octanol–water partition coefficient (Wildman–Crippen LogP) is 2.67. The number of amides is 1. The Morgan fingerprint density at radius 3 is 2.86 bits per heavy atom. The van der Waals surface area contributed by atoms with Crippen molar-refractivity contribution in [3.63, 3.8) is 0 Å². The summed E-state index contributed by atoms with van der Waals surface area (Å²) in [4.78, 5) is 26.1. The van der Waals surface area contributed by atoms with E-state index < -0.39 is 0 Å². The fourth-order valence-corrected chi connectivity index (χ4v) is 3.74. The number of carbonyl (C=O) groups is 1. The zero-order valence-electron chi connectivity index (χ0n) is 16.2. The Balaban J connectivity index is 1.49. The van der Waals surface area contributed by atoms with E-state index in [9.17, 15) is 9.18 Å². The van der Waals surface area contributed by atoms with Gasteiger partial charge in [0.1, 0.15) is 11.6 Å². The Morgan fingerprint density at radius 1 is 1.25 bits per heavy atom. The topological polar surface area (TPSA) is 58.6 Å². The summed E-state index contributed by atoms with van der Waals surface area (Å²) in [5.74, 6) is 1.24. The highest BCUT2D eigenvalue weighted by Crippen LogP contribution is 2.27. The van der Waals surface area contributed by atoms with Gasteiger partial charge in [0.25, 0.3) is 0 Å². The number of rotatable bonds is 4. The average molecular weight is 384 g/mol. The lowest BCUT2D eigenvalue weighted by Crippen LogP contribution is -2.39. The third-order valence-corrected chi connectivity index (χ3v) is 5.36. The smallest absolute Gasteiger partial charge is 0.228 e. The van der Waals surface area contributed by atoms with Gasteiger partial charge in [-0.25, -0.2) is 9.37 Å². The number of fused-ring (bicyclic) bond motifs is 1. The third-order valence-electron chi connectivity index (χ3n) is 5.36. The second-order valence-electron chi connectivity index (χ2n) is 7.35. The van der Waals surface area contributed by atoms with Crippen LogP contribution in [0.1, 0.15) is 29.5 Å². The van der Waals surface area contributed by atoms with Crippen LogP contribution in [0, 0.1) is 12.7 Å². The van der Waals surface area contributed by atoms with E-state index in [0.29, 0.717) is 44.1 Å². The molecule has 2 aliphatic rings. The van der Waals surface area contributed by atoms with Gasteiger partial charge in [-0.3, -0.25) is 9.69 Å². The SMILES string of the molecule is Cc1cc(CCC(=O)N2CCCc3cnc(N4CCOCC4)nc32)ccc1F. The maximum Gasteiger partial charge on any atom is 0.228 e. The summed E-state index contributed by atoms with van der Waals surface area (Å²) in [6.45, 7) is 5.27. The molecule has 0 aliphatic carbocycles. The van der Waals surface area contributed by atoms with Crippen molar-refractivity contribution in [2.24, 2.45) is 0 Å². The molecule has 3 heterocycles. The second kappa shape index (κ2) is 8.22. The predicted molar refractivity (Wildman–Crippen MR) is 105 cm³/mol. The van der Waals surface area contributed by atoms with Crippen LogP contribution in [0.2, 0.25) is 0 Å². The standard InChI is InChI=1S/C21H25FN4O2/c1-15-13-16(4-6-18(15)22)5-7-19(27)26-8-2-3-17-14-23-21(24-20(17)26)25-9-11-28-12-10-25/h4,6,13-14H,2-3,5,7-12H2,1H3. The minimum Gasteiger partial charge on any atom is -0.378 e. The number of aromatic nitrogens is 2. The molecule has 0 N–H and O–H groups in total. The maximum absolute atomic E-state index is 13.4. The highest BCUT2D eigenvalue weighted by atomic mass is 19.1. The molecule has 148 valence electrons. The molecule has 4 rings (SSSR count). The molecular weight excluding hydrogens is 359 g/mol. The maximum atomic E-state index is 13.4. The summed E-state index contributed by atoms with van der Waals surface area (Å²) in [5, 5.41) is 0. The van der Waals surface area contributed by atoms with Gasteiger partial charge in [-0.1, -0.05) is 12.1 Å². The molecule has 0 spiro atoms. The van der Waals surface area contributed by atoms with Crippen molar-refractivity contribution in [3.05, 3.63) is 46.9 Å². The van der Waals surface area contributed by atoms with Gasteiger partial charge in [0.15, 0.2) is 0 Å². The van der Waals surface area contributed by atoms with Crippen molar-refractivity contribution in [3.8, 4) is 0 Å². The molecule has 2 aromatic rings. The summed E-state index contributed by atoms with van der Waals surface area (Å²) >= 11 is 0. The molecule has 1 fully saturated rings. The van der Waals surface area contributed by atoms with E-state index in [-0.39, 0.29) is 11.7 Å². The Hall–Kier alpha value is -2.54. The van der Waals surface area contributed by atoms with Crippen molar-refractivity contribution in [1.29, 1.82) is 0 Å². The van der Waals surface area contributed by atoms with Crippen LogP contribution in [-0.4, -0.2) is 48.7 Å². The molecule has 1 saturated heterocycles. The Kier molecular flexibility index (Phi) is 5.52. The number of benzene rings is 1. The molecule has 1 aromatic heterocycles. The summed E-state index contributed by atoms with van der Waals surface area (Å²) in [5.41, 5.74) is 2.60. The van der Waals surface area contributed by atoms with Crippen molar-refractivity contribution in [2.75, 3.05) is 42.6 Å². The largest absolute Gasteiger partial charge is 0.378 e. The first-order valence-corrected chi connectivity index (χ1v) is 9.86. The first kappa shape index (κ1) is 18.8. The van der Waals surface area contributed by atoms with Crippen LogP contribution in [0.15, 0.2) is 24.4 Å². The van der Waals surface area contributed by atoms with Gasteiger partial charge in [-0.05, 0) is 43.4 Å². The summed E-state index contributed by atoms with van der Waals surface area (Å²) in [6, 6.07) is 5.02. The second-order valence-corrected chi connectivity index (χ2v) is 7.35. The fourth-order valence-electron chi connectivity index (χ4n) is 3.74. The zero-order chi connectivity index (χ0) is 19.5. The van der Waals surface area contributed by atoms with Crippen LogP contribution >= 0.6 is 0 Å². The lowest BCUT2D eigenvalue weighted by Gasteiger charge is -2.31. The minimum atomic E-state index is -0.215. The van der Waals surface area contributed by atoms with Crippen molar-refractivity contribution in [2.45, 2.75) is 32.6 Å². The van der Waals surface area contributed by atoms with Gasteiger partial charge in [-0.15, -0.1) is 0 Å². The number of ether oxygens (including phenoxy) is 1. The minimum absolute atomic E-state index is 0.0505. The van der Waals surface area contributed by atoms with E-state index >= 15 is 0 Å². The van der Waals surface area contributed by atoms with Crippen LogP contribution in [-0.2, 0) is 22.4 Å². The average Bonchev–Trinajstić information content (AvgIpc) is 2.74. The summed E-state index contributed by atoms with van der Waals surface area (Å²) in [6.07, 6.45) is 4.62. The number of morpholine rings is 1. The van der Waals surface area contributed by atoms with E-state index in [1.165, 1.54) is 6.07 Å². The van der Waals surface area contributed by atoms with Crippen molar-refractivity contribution < 1.29 is 13.9 Å². The highest BCUT2D eigenvalue weighted by Gasteiger charge is 2.26. The number of anilines is 2. The van der Waals surface area contributed by atoms with Crippen LogP contribution < -0.4 is 9.80 Å². The number of nitrogens with zero attached hydrogens (tertiary/aromatic N) is 4. The van der Waals surface area contributed by atoms with Crippen molar-refractivity contribution >= 4 is 17.7 Å². The number of carbonyl (C=O) groups excluding carboxylic acids is 1. The Morgan fingerprint density at radius 2 is 2.07 bits per heavy atom. The van der Waals surface area contributed by atoms with Gasteiger partial charge in [0, 0.05) is 37.8 Å². The Bertz CT molecular complexity index is 867. The van der Waals surface area contributed by atoms with Crippen LogP contribution in [0.4, 0.5) is 16.2 Å². The number of aryl methyl sites for hydroxylation is 3. The molecule has 0 atom stereocenters. The van der Waals surface area contributed by atoms with Crippen LogP contribution in [0.5, 0.6) is 0 Å². The quantitative estimate of drug-likeness (QED) is 0.811. The molecule has 0 radical (unpaired) electrons. The number of hydrogen-bond acceptors (Lipinski definition) is 5. The molecule has 1 amide bonds. The van der Waals surface area contributed by atoms with E-state index in [0.717, 1.165) is 42.9 Å². The van der Waals surface area contributed by atoms with E-state index in [1.54, 1.807) is 17.9 Å². The zero-order valence-corrected chi connectivity index (χ0v) is 16.2.